The minimum Gasteiger partial charge on any atom is -0.491 e. The summed E-state index contributed by atoms with van der Waals surface area (Å²) in [5.74, 6) is 0.769. The third kappa shape index (κ3) is 5.96. The fraction of sp³-hybridized carbons (Fsp3) is 0.500. The Morgan fingerprint density at radius 3 is 2.68 bits per heavy atom. The summed E-state index contributed by atoms with van der Waals surface area (Å²) < 4.78 is 11.6. The molecule has 1 N–H and O–H groups in total. The van der Waals surface area contributed by atoms with Crippen molar-refractivity contribution in [2.24, 2.45) is 0 Å². The maximum Gasteiger partial charge on any atom is 0.407 e. The smallest absolute Gasteiger partial charge is 0.407 e. The van der Waals surface area contributed by atoms with Crippen LogP contribution >= 0.6 is 15.9 Å². The fourth-order valence-corrected chi connectivity index (χ4v) is 1.74. The van der Waals surface area contributed by atoms with E-state index in [1.807, 2.05) is 45.9 Å². The molecule has 1 aromatic rings. The number of benzene rings is 1. The standard InChI is InChI=1S/C14H20BrNO3/c1-10-6-5-7-11(12(10)15)18-9-8-16-13(17)19-14(2,3)4/h5-7H,8-9H2,1-4H3,(H,16,17). The van der Waals surface area contributed by atoms with Crippen LogP contribution in [0.1, 0.15) is 26.3 Å². The van der Waals surface area contributed by atoms with Gasteiger partial charge in [0.05, 0.1) is 11.0 Å². The second-order valence-corrected chi connectivity index (χ2v) is 5.96. The quantitative estimate of drug-likeness (QED) is 0.857. The molecule has 0 radical (unpaired) electrons. The zero-order valence-corrected chi connectivity index (χ0v) is 13.3. The van der Waals surface area contributed by atoms with Gasteiger partial charge in [-0.15, -0.1) is 0 Å². The summed E-state index contributed by atoms with van der Waals surface area (Å²) in [6, 6.07) is 5.80. The SMILES string of the molecule is Cc1cccc(OCCNC(=O)OC(C)(C)C)c1Br. The number of nitrogens with one attached hydrogen (secondary N) is 1. The highest BCUT2D eigenvalue weighted by Gasteiger charge is 2.15. The van der Waals surface area contributed by atoms with Crippen molar-refractivity contribution in [1.29, 1.82) is 0 Å². The molecule has 0 aromatic heterocycles. The van der Waals surface area contributed by atoms with Crippen molar-refractivity contribution in [3.63, 3.8) is 0 Å². The monoisotopic (exact) mass is 329 g/mol. The first-order valence-electron chi connectivity index (χ1n) is 6.14. The zero-order valence-electron chi connectivity index (χ0n) is 11.7. The molecule has 106 valence electrons. The molecule has 0 saturated heterocycles. The molecule has 0 aliphatic carbocycles. The van der Waals surface area contributed by atoms with E-state index in [-0.39, 0.29) is 0 Å². The lowest BCUT2D eigenvalue weighted by molar-refractivity contribution is 0.0520. The Labute approximate surface area is 122 Å². The number of amides is 1. The highest BCUT2D eigenvalue weighted by Crippen LogP contribution is 2.27. The van der Waals surface area contributed by atoms with Gasteiger partial charge in [-0.3, -0.25) is 0 Å². The van der Waals surface area contributed by atoms with E-state index in [0.717, 1.165) is 15.8 Å². The van der Waals surface area contributed by atoms with Crippen molar-refractivity contribution in [3.8, 4) is 5.75 Å². The lowest BCUT2D eigenvalue weighted by Crippen LogP contribution is -2.34. The van der Waals surface area contributed by atoms with Crippen LogP contribution in [0.15, 0.2) is 22.7 Å². The van der Waals surface area contributed by atoms with E-state index in [4.69, 9.17) is 9.47 Å². The molecular weight excluding hydrogens is 310 g/mol. The van der Waals surface area contributed by atoms with Gasteiger partial charge in [-0.25, -0.2) is 4.79 Å². The van der Waals surface area contributed by atoms with Gasteiger partial charge >= 0.3 is 6.09 Å². The van der Waals surface area contributed by atoms with Crippen LogP contribution in [0.5, 0.6) is 5.75 Å². The molecule has 0 atom stereocenters. The number of hydrogen-bond acceptors (Lipinski definition) is 3. The largest absolute Gasteiger partial charge is 0.491 e. The number of alkyl carbamates (subject to hydrolysis) is 1. The molecule has 0 saturated carbocycles. The topological polar surface area (TPSA) is 47.6 Å². The van der Waals surface area contributed by atoms with Crippen LogP contribution in [-0.2, 0) is 4.74 Å². The fourth-order valence-electron chi connectivity index (χ4n) is 1.36. The lowest BCUT2D eigenvalue weighted by atomic mass is 10.2. The van der Waals surface area contributed by atoms with Crippen LogP contribution in [0.3, 0.4) is 0 Å². The number of rotatable bonds is 4. The normalized spacial score (nSPS) is 11.0. The second kappa shape index (κ2) is 6.80. The van der Waals surface area contributed by atoms with Crippen molar-refractivity contribution >= 4 is 22.0 Å². The van der Waals surface area contributed by atoms with Gasteiger partial charge in [0.15, 0.2) is 0 Å². The predicted octanol–water partition coefficient (Wildman–Crippen LogP) is 3.66. The first-order chi connectivity index (χ1) is 8.79. The molecule has 0 fully saturated rings. The highest BCUT2D eigenvalue weighted by atomic mass is 79.9. The van der Waals surface area contributed by atoms with E-state index in [1.165, 1.54) is 0 Å². The van der Waals surface area contributed by atoms with Gasteiger partial charge in [-0.05, 0) is 55.3 Å². The molecule has 1 amide bonds. The van der Waals surface area contributed by atoms with Crippen molar-refractivity contribution in [2.75, 3.05) is 13.2 Å². The van der Waals surface area contributed by atoms with Gasteiger partial charge in [0.25, 0.3) is 0 Å². The molecule has 1 rings (SSSR count). The van der Waals surface area contributed by atoms with E-state index in [1.54, 1.807) is 0 Å². The lowest BCUT2D eigenvalue weighted by Gasteiger charge is -2.19. The van der Waals surface area contributed by atoms with Crippen molar-refractivity contribution in [3.05, 3.63) is 28.2 Å². The van der Waals surface area contributed by atoms with Gasteiger partial charge in [-0.2, -0.15) is 0 Å². The van der Waals surface area contributed by atoms with E-state index in [9.17, 15) is 4.79 Å². The molecule has 5 heteroatoms. The molecule has 0 aliphatic heterocycles. The minimum atomic E-state index is -0.482. The summed E-state index contributed by atoms with van der Waals surface area (Å²) in [7, 11) is 0. The van der Waals surface area contributed by atoms with Gasteiger partial charge in [-0.1, -0.05) is 12.1 Å². The number of aryl methyl sites for hydroxylation is 1. The van der Waals surface area contributed by atoms with Crippen molar-refractivity contribution in [2.45, 2.75) is 33.3 Å². The Bertz CT molecular complexity index is 441. The van der Waals surface area contributed by atoms with Crippen LogP contribution in [-0.4, -0.2) is 24.8 Å². The van der Waals surface area contributed by atoms with Crippen LogP contribution in [0.4, 0.5) is 4.79 Å². The molecule has 19 heavy (non-hydrogen) atoms. The molecule has 0 heterocycles. The zero-order chi connectivity index (χ0) is 14.5. The Morgan fingerprint density at radius 2 is 2.05 bits per heavy atom. The third-order valence-corrected chi connectivity index (χ3v) is 3.20. The number of carbonyl (C=O) groups excluding carboxylic acids is 1. The predicted molar refractivity (Wildman–Crippen MR) is 78.6 cm³/mol. The summed E-state index contributed by atoms with van der Waals surface area (Å²) in [5, 5.41) is 2.64. The molecule has 0 spiro atoms. The summed E-state index contributed by atoms with van der Waals surface area (Å²) in [6.07, 6.45) is -0.431. The van der Waals surface area contributed by atoms with Gasteiger partial charge in [0.2, 0.25) is 0 Å². The second-order valence-electron chi connectivity index (χ2n) is 5.16. The van der Waals surface area contributed by atoms with E-state index < -0.39 is 11.7 Å². The van der Waals surface area contributed by atoms with Crippen molar-refractivity contribution in [1.82, 2.24) is 5.32 Å². The summed E-state index contributed by atoms with van der Waals surface area (Å²) in [4.78, 5) is 11.4. The number of halogens is 1. The number of hydrogen-bond donors (Lipinski definition) is 1. The molecular formula is C14H20BrNO3. The number of carbonyl (C=O) groups is 1. The van der Waals surface area contributed by atoms with Crippen LogP contribution in [0.2, 0.25) is 0 Å². The Kier molecular flexibility index (Phi) is 5.66. The maximum atomic E-state index is 11.4. The Hall–Kier alpha value is -1.23. The first-order valence-corrected chi connectivity index (χ1v) is 6.93. The van der Waals surface area contributed by atoms with E-state index in [2.05, 4.69) is 21.2 Å². The van der Waals surface area contributed by atoms with Crippen LogP contribution < -0.4 is 10.1 Å². The van der Waals surface area contributed by atoms with Gasteiger partial charge < -0.3 is 14.8 Å². The molecule has 4 nitrogen and oxygen atoms in total. The Balaban J connectivity index is 2.32. The summed E-state index contributed by atoms with van der Waals surface area (Å²) in [6.45, 7) is 8.26. The summed E-state index contributed by atoms with van der Waals surface area (Å²) in [5.41, 5.74) is 0.627. The number of ether oxygens (including phenoxy) is 2. The Morgan fingerprint density at radius 1 is 1.37 bits per heavy atom. The summed E-state index contributed by atoms with van der Waals surface area (Å²) >= 11 is 3.46. The molecule has 0 bridgehead atoms. The van der Waals surface area contributed by atoms with Gasteiger partial charge in [0.1, 0.15) is 18.0 Å². The minimum absolute atomic E-state index is 0.390. The maximum absolute atomic E-state index is 11.4. The van der Waals surface area contributed by atoms with Crippen LogP contribution in [0.25, 0.3) is 0 Å². The average molecular weight is 330 g/mol. The molecule has 1 aromatic carbocycles. The van der Waals surface area contributed by atoms with E-state index >= 15 is 0 Å². The van der Waals surface area contributed by atoms with Crippen molar-refractivity contribution < 1.29 is 14.3 Å². The van der Waals surface area contributed by atoms with E-state index in [0.29, 0.717) is 13.2 Å². The van der Waals surface area contributed by atoms with Crippen LogP contribution in [0, 0.1) is 6.92 Å². The highest BCUT2D eigenvalue weighted by molar-refractivity contribution is 9.10. The third-order valence-electron chi connectivity index (χ3n) is 2.18. The van der Waals surface area contributed by atoms with Gasteiger partial charge in [0, 0.05) is 0 Å². The molecule has 0 aliphatic rings. The molecule has 0 unspecified atom stereocenters. The average Bonchev–Trinajstić information content (AvgIpc) is 2.27. The first kappa shape index (κ1) is 15.8.